The Morgan fingerprint density at radius 2 is 2.00 bits per heavy atom. The van der Waals surface area contributed by atoms with Crippen molar-refractivity contribution in [1.82, 2.24) is 4.90 Å². The third-order valence-electron chi connectivity index (χ3n) is 3.05. The molecule has 1 rings (SSSR count). The molecular formula is C14H21NO3S. The van der Waals surface area contributed by atoms with Crippen LogP contribution in [-0.2, 0) is 4.79 Å². The summed E-state index contributed by atoms with van der Waals surface area (Å²) >= 11 is 1.50. The Labute approximate surface area is 118 Å². The Bertz CT molecular complexity index is 446. The molecule has 0 spiro atoms. The second kappa shape index (κ2) is 6.70. The molecule has 1 N–H and O–H groups in total. The largest absolute Gasteiger partial charge is 0.481 e. The summed E-state index contributed by atoms with van der Waals surface area (Å²) in [5.41, 5.74) is 1.13. The smallest absolute Gasteiger partial charge is 0.303 e. The Morgan fingerprint density at radius 3 is 2.42 bits per heavy atom. The summed E-state index contributed by atoms with van der Waals surface area (Å²) in [5, 5.41) is 8.66. The lowest BCUT2D eigenvalue weighted by Gasteiger charge is -2.26. The van der Waals surface area contributed by atoms with Gasteiger partial charge in [0.25, 0.3) is 5.91 Å². The van der Waals surface area contributed by atoms with Crippen LogP contribution in [0.5, 0.6) is 0 Å². The second-order valence-corrected chi connectivity index (χ2v) is 6.20. The molecule has 0 unspecified atom stereocenters. The number of carbonyl (C=O) groups is 2. The molecule has 0 bridgehead atoms. The van der Waals surface area contributed by atoms with Crippen molar-refractivity contribution in [2.75, 3.05) is 6.54 Å². The molecule has 19 heavy (non-hydrogen) atoms. The Hall–Kier alpha value is -1.36. The third kappa shape index (κ3) is 4.35. The highest BCUT2D eigenvalue weighted by molar-refractivity contribution is 7.14. The van der Waals surface area contributed by atoms with E-state index < -0.39 is 5.97 Å². The predicted octanol–water partition coefficient (Wildman–Crippen LogP) is 3.08. The van der Waals surface area contributed by atoms with E-state index in [1.54, 1.807) is 4.90 Å². The molecule has 5 heteroatoms. The van der Waals surface area contributed by atoms with Gasteiger partial charge >= 0.3 is 5.97 Å². The molecule has 0 atom stereocenters. The van der Waals surface area contributed by atoms with E-state index in [2.05, 4.69) is 0 Å². The van der Waals surface area contributed by atoms with Gasteiger partial charge in [-0.15, -0.1) is 11.3 Å². The van der Waals surface area contributed by atoms with Crippen molar-refractivity contribution in [3.05, 3.63) is 21.4 Å². The minimum absolute atomic E-state index is 0.00147. The van der Waals surface area contributed by atoms with E-state index in [1.807, 2.05) is 33.8 Å². The molecule has 106 valence electrons. The fraction of sp³-hybridized carbons (Fsp3) is 0.571. The normalized spacial score (nSPS) is 10.8. The molecule has 0 saturated heterocycles. The van der Waals surface area contributed by atoms with Gasteiger partial charge in [0.2, 0.25) is 0 Å². The van der Waals surface area contributed by atoms with E-state index in [4.69, 9.17) is 5.11 Å². The van der Waals surface area contributed by atoms with Crippen molar-refractivity contribution in [2.45, 2.75) is 46.6 Å². The van der Waals surface area contributed by atoms with Crippen LogP contribution in [-0.4, -0.2) is 34.5 Å². The number of carboxylic acids is 1. The maximum Gasteiger partial charge on any atom is 0.303 e. The monoisotopic (exact) mass is 283 g/mol. The number of rotatable bonds is 6. The number of thiophene rings is 1. The van der Waals surface area contributed by atoms with Gasteiger partial charge < -0.3 is 10.0 Å². The lowest BCUT2D eigenvalue weighted by molar-refractivity contribution is -0.137. The highest BCUT2D eigenvalue weighted by Gasteiger charge is 2.20. The zero-order valence-electron chi connectivity index (χ0n) is 11.9. The van der Waals surface area contributed by atoms with Gasteiger partial charge in [0.1, 0.15) is 0 Å². The number of aliphatic carboxylic acids is 1. The molecule has 0 fully saturated rings. The predicted molar refractivity (Wildman–Crippen MR) is 76.8 cm³/mol. The fourth-order valence-corrected chi connectivity index (χ4v) is 2.81. The van der Waals surface area contributed by atoms with Gasteiger partial charge in [-0.1, -0.05) is 0 Å². The van der Waals surface area contributed by atoms with Crippen LogP contribution < -0.4 is 0 Å². The van der Waals surface area contributed by atoms with Crippen LogP contribution >= 0.6 is 11.3 Å². The molecule has 0 aromatic carbocycles. The zero-order valence-corrected chi connectivity index (χ0v) is 12.7. The molecule has 1 amide bonds. The van der Waals surface area contributed by atoms with Gasteiger partial charge in [0.05, 0.1) is 4.88 Å². The summed E-state index contributed by atoms with van der Waals surface area (Å²) < 4.78 is 0. The minimum atomic E-state index is -0.820. The van der Waals surface area contributed by atoms with E-state index in [-0.39, 0.29) is 18.4 Å². The summed E-state index contributed by atoms with van der Waals surface area (Å²) in [6, 6.07) is 1.98. The van der Waals surface area contributed by atoms with Gasteiger partial charge in [0, 0.05) is 23.9 Å². The van der Waals surface area contributed by atoms with Crippen LogP contribution in [0.3, 0.4) is 0 Å². The summed E-state index contributed by atoms with van der Waals surface area (Å²) in [4.78, 5) is 26.6. The quantitative estimate of drug-likeness (QED) is 0.873. The van der Waals surface area contributed by atoms with Crippen molar-refractivity contribution in [1.29, 1.82) is 0 Å². The highest BCUT2D eigenvalue weighted by Crippen LogP contribution is 2.23. The van der Waals surface area contributed by atoms with Crippen molar-refractivity contribution in [3.63, 3.8) is 0 Å². The number of aryl methyl sites for hydroxylation is 2. The van der Waals surface area contributed by atoms with Crippen LogP contribution in [0.15, 0.2) is 6.07 Å². The number of carbonyl (C=O) groups excluding carboxylic acids is 1. The number of hydrogen-bond acceptors (Lipinski definition) is 3. The Kier molecular flexibility index (Phi) is 5.54. The van der Waals surface area contributed by atoms with E-state index in [1.165, 1.54) is 11.3 Å². The Balaban J connectivity index is 2.75. The minimum Gasteiger partial charge on any atom is -0.481 e. The van der Waals surface area contributed by atoms with Gasteiger partial charge in [-0.3, -0.25) is 9.59 Å². The molecule has 1 aromatic rings. The van der Waals surface area contributed by atoms with Crippen LogP contribution in [0, 0.1) is 13.8 Å². The van der Waals surface area contributed by atoms with Gasteiger partial charge in [-0.2, -0.15) is 0 Å². The first-order valence-electron chi connectivity index (χ1n) is 6.42. The summed E-state index contributed by atoms with van der Waals surface area (Å²) in [5.74, 6) is -0.819. The van der Waals surface area contributed by atoms with E-state index in [0.29, 0.717) is 13.0 Å². The SMILES string of the molecule is Cc1cc(C(=O)N(CCCC(=O)O)C(C)C)sc1C. The van der Waals surface area contributed by atoms with Crippen LogP contribution in [0.25, 0.3) is 0 Å². The van der Waals surface area contributed by atoms with Gasteiger partial charge in [-0.05, 0) is 45.7 Å². The fourth-order valence-electron chi connectivity index (χ4n) is 1.81. The summed E-state index contributed by atoms with van der Waals surface area (Å²) in [7, 11) is 0. The topological polar surface area (TPSA) is 57.6 Å². The van der Waals surface area contributed by atoms with Gasteiger partial charge in [0.15, 0.2) is 0 Å². The maximum atomic E-state index is 12.4. The molecular weight excluding hydrogens is 262 g/mol. The standard InChI is InChI=1S/C14H21NO3S/c1-9(2)15(7-5-6-13(16)17)14(18)12-8-10(3)11(4)19-12/h8-9H,5-7H2,1-4H3,(H,16,17). The maximum absolute atomic E-state index is 12.4. The first-order chi connectivity index (χ1) is 8.82. The summed E-state index contributed by atoms with van der Waals surface area (Å²) in [6.45, 7) is 8.38. The average Bonchev–Trinajstić information content (AvgIpc) is 2.63. The van der Waals surface area contributed by atoms with Crippen molar-refractivity contribution >= 4 is 23.2 Å². The van der Waals surface area contributed by atoms with E-state index in [0.717, 1.165) is 15.3 Å². The van der Waals surface area contributed by atoms with Crippen molar-refractivity contribution in [2.24, 2.45) is 0 Å². The molecule has 0 aliphatic heterocycles. The van der Waals surface area contributed by atoms with Crippen molar-refractivity contribution in [3.8, 4) is 0 Å². The summed E-state index contributed by atoms with van der Waals surface area (Å²) in [6.07, 6.45) is 0.585. The Morgan fingerprint density at radius 1 is 1.37 bits per heavy atom. The first-order valence-corrected chi connectivity index (χ1v) is 7.24. The molecule has 0 saturated carbocycles. The zero-order chi connectivity index (χ0) is 14.6. The van der Waals surface area contributed by atoms with Crippen molar-refractivity contribution < 1.29 is 14.7 Å². The van der Waals surface area contributed by atoms with Crippen LogP contribution in [0.4, 0.5) is 0 Å². The van der Waals surface area contributed by atoms with Crippen LogP contribution in [0.1, 0.15) is 46.8 Å². The molecule has 4 nitrogen and oxygen atoms in total. The van der Waals surface area contributed by atoms with E-state index >= 15 is 0 Å². The van der Waals surface area contributed by atoms with Gasteiger partial charge in [-0.25, -0.2) is 0 Å². The van der Waals surface area contributed by atoms with Crippen LogP contribution in [0.2, 0.25) is 0 Å². The second-order valence-electron chi connectivity index (χ2n) is 4.94. The third-order valence-corrected chi connectivity index (χ3v) is 4.19. The number of hydrogen-bond donors (Lipinski definition) is 1. The number of nitrogens with zero attached hydrogens (tertiary/aromatic N) is 1. The highest BCUT2D eigenvalue weighted by atomic mass is 32.1. The van der Waals surface area contributed by atoms with E-state index in [9.17, 15) is 9.59 Å². The molecule has 1 heterocycles. The average molecular weight is 283 g/mol. The lowest BCUT2D eigenvalue weighted by Crippen LogP contribution is -2.37. The molecule has 0 radical (unpaired) electrons. The molecule has 1 aromatic heterocycles. The molecule has 0 aliphatic rings. The number of amides is 1. The number of carboxylic acid groups (broad SMARTS) is 1. The molecule has 0 aliphatic carbocycles. The first kappa shape index (κ1) is 15.7. The lowest BCUT2D eigenvalue weighted by atomic mass is 10.2.